The summed E-state index contributed by atoms with van der Waals surface area (Å²) in [6.45, 7) is 3.92. The Labute approximate surface area is 157 Å². The van der Waals surface area contributed by atoms with Gasteiger partial charge < -0.3 is 9.47 Å². The molecule has 1 fully saturated rings. The van der Waals surface area contributed by atoms with Gasteiger partial charge in [0, 0.05) is 51.7 Å². The number of aryl methyl sites for hydroxylation is 2. The van der Waals surface area contributed by atoms with Gasteiger partial charge in [-0.15, -0.1) is 10.2 Å². The second kappa shape index (κ2) is 6.98. The minimum atomic E-state index is 0.0661. The topological polar surface area (TPSA) is 86.7 Å². The van der Waals surface area contributed by atoms with Crippen LogP contribution in [-0.2, 0) is 20.6 Å². The van der Waals surface area contributed by atoms with Crippen molar-refractivity contribution in [2.24, 2.45) is 14.1 Å². The normalized spacial score (nSPS) is 15.4. The molecule has 1 amide bonds. The van der Waals surface area contributed by atoms with Crippen LogP contribution in [0.15, 0.2) is 24.7 Å². The highest BCUT2D eigenvalue weighted by Gasteiger charge is 2.29. The number of carbonyl (C=O) groups is 1. The van der Waals surface area contributed by atoms with Crippen molar-refractivity contribution in [1.82, 2.24) is 39.2 Å². The summed E-state index contributed by atoms with van der Waals surface area (Å²) < 4.78 is 5.59. The number of hydrogen-bond donors (Lipinski definition) is 0. The van der Waals surface area contributed by atoms with E-state index >= 15 is 0 Å². The maximum Gasteiger partial charge on any atom is 0.257 e. The Bertz CT molecular complexity index is 931. The van der Waals surface area contributed by atoms with Crippen molar-refractivity contribution in [3.63, 3.8) is 0 Å². The first-order valence-corrected chi connectivity index (χ1v) is 9.18. The molecule has 142 valence electrons. The van der Waals surface area contributed by atoms with E-state index in [2.05, 4.69) is 25.0 Å². The summed E-state index contributed by atoms with van der Waals surface area (Å²) in [5, 5.41) is 17.3. The van der Waals surface area contributed by atoms with Gasteiger partial charge in [0.25, 0.3) is 5.91 Å². The van der Waals surface area contributed by atoms with Crippen molar-refractivity contribution in [3.05, 3.63) is 47.6 Å². The first-order chi connectivity index (χ1) is 13.0. The van der Waals surface area contributed by atoms with E-state index in [4.69, 9.17) is 0 Å². The Morgan fingerprint density at radius 2 is 2.00 bits per heavy atom. The Morgan fingerprint density at radius 3 is 2.63 bits per heavy atom. The maximum atomic E-state index is 12.8. The molecule has 0 aromatic carbocycles. The fraction of sp³-hybridized carbons (Fsp3) is 0.500. The molecule has 0 spiro atoms. The molecule has 9 heteroatoms. The van der Waals surface area contributed by atoms with Gasteiger partial charge in [-0.05, 0) is 25.8 Å². The van der Waals surface area contributed by atoms with Crippen molar-refractivity contribution >= 4 is 5.91 Å². The van der Waals surface area contributed by atoms with Crippen LogP contribution in [0.4, 0.5) is 0 Å². The summed E-state index contributed by atoms with van der Waals surface area (Å²) in [4.78, 5) is 14.7. The number of hydrogen-bond acceptors (Lipinski definition) is 5. The number of amides is 1. The van der Waals surface area contributed by atoms with Gasteiger partial charge in [0.15, 0.2) is 5.82 Å². The third kappa shape index (κ3) is 3.36. The Morgan fingerprint density at radius 1 is 1.22 bits per heavy atom. The minimum Gasteiger partial charge on any atom is -0.338 e. The average molecular weight is 368 g/mol. The number of piperidine rings is 1. The first-order valence-electron chi connectivity index (χ1n) is 9.18. The smallest absolute Gasteiger partial charge is 0.257 e. The number of nitrogens with zero attached hydrogens (tertiary/aromatic N) is 8. The maximum absolute atomic E-state index is 12.8. The molecule has 1 aliphatic heterocycles. The molecule has 27 heavy (non-hydrogen) atoms. The lowest BCUT2D eigenvalue weighted by Crippen LogP contribution is -2.38. The minimum absolute atomic E-state index is 0.0661. The molecule has 0 bridgehead atoms. The average Bonchev–Trinajstić information content (AvgIpc) is 3.37. The lowest BCUT2D eigenvalue weighted by molar-refractivity contribution is 0.0709. The fourth-order valence-corrected chi connectivity index (χ4v) is 3.73. The predicted octanol–water partition coefficient (Wildman–Crippen LogP) is 1.12. The van der Waals surface area contributed by atoms with Crippen LogP contribution in [0, 0.1) is 6.92 Å². The van der Waals surface area contributed by atoms with Gasteiger partial charge in [0.1, 0.15) is 12.4 Å². The predicted molar refractivity (Wildman–Crippen MR) is 98.2 cm³/mol. The van der Waals surface area contributed by atoms with E-state index in [1.54, 1.807) is 17.1 Å². The van der Waals surface area contributed by atoms with E-state index in [0.29, 0.717) is 18.0 Å². The molecule has 4 rings (SSSR count). The summed E-state index contributed by atoms with van der Waals surface area (Å²) in [7, 11) is 3.84. The van der Waals surface area contributed by atoms with Crippen LogP contribution in [0.25, 0.3) is 0 Å². The Hall–Kier alpha value is -2.97. The third-order valence-corrected chi connectivity index (χ3v) is 5.25. The van der Waals surface area contributed by atoms with Crippen molar-refractivity contribution < 1.29 is 4.79 Å². The van der Waals surface area contributed by atoms with E-state index in [0.717, 1.165) is 43.3 Å². The van der Waals surface area contributed by atoms with Crippen LogP contribution in [-0.4, -0.2) is 58.2 Å². The zero-order valence-electron chi connectivity index (χ0n) is 15.9. The summed E-state index contributed by atoms with van der Waals surface area (Å²) in [5.41, 5.74) is 1.47. The molecule has 1 saturated heterocycles. The van der Waals surface area contributed by atoms with E-state index in [-0.39, 0.29) is 5.91 Å². The molecule has 9 nitrogen and oxygen atoms in total. The van der Waals surface area contributed by atoms with Crippen LogP contribution in [0.2, 0.25) is 0 Å². The van der Waals surface area contributed by atoms with Crippen LogP contribution < -0.4 is 0 Å². The largest absolute Gasteiger partial charge is 0.338 e. The van der Waals surface area contributed by atoms with Crippen LogP contribution in [0.1, 0.15) is 46.5 Å². The van der Waals surface area contributed by atoms with Gasteiger partial charge in [-0.3, -0.25) is 14.2 Å². The highest BCUT2D eigenvalue weighted by Crippen LogP contribution is 2.28. The second-order valence-electron chi connectivity index (χ2n) is 7.11. The van der Waals surface area contributed by atoms with Crippen molar-refractivity contribution in [3.8, 4) is 0 Å². The monoisotopic (exact) mass is 368 g/mol. The molecule has 0 atom stereocenters. The van der Waals surface area contributed by atoms with Gasteiger partial charge in [-0.25, -0.2) is 0 Å². The van der Waals surface area contributed by atoms with Gasteiger partial charge in [0.05, 0.1) is 11.3 Å². The second-order valence-corrected chi connectivity index (χ2v) is 7.11. The summed E-state index contributed by atoms with van der Waals surface area (Å²) in [6.07, 6.45) is 7.25. The Kier molecular flexibility index (Phi) is 4.51. The molecular weight excluding hydrogens is 344 g/mol. The fourth-order valence-electron chi connectivity index (χ4n) is 3.73. The molecule has 3 aromatic heterocycles. The quantitative estimate of drug-likeness (QED) is 0.689. The molecule has 0 saturated carbocycles. The zero-order valence-corrected chi connectivity index (χ0v) is 15.9. The van der Waals surface area contributed by atoms with E-state index in [1.165, 1.54) is 0 Å². The third-order valence-electron chi connectivity index (χ3n) is 5.25. The summed E-state index contributed by atoms with van der Waals surface area (Å²) >= 11 is 0. The van der Waals surface area contributed by atoms with Crippen LogP contribution >= 0.6 is 0 Å². The van der Waals surface area contributed by atoms with Crippen LogP contribution in [0.3, 0.4) is 0 Å². The number of likely N-dealkylation sites (tertiary alicyclic amines) is 1. The van der Waals surface area contributed by atoms with Crippen molar-refractivity contribution in [2.45, 2.75) is 32.2 Å². The molecule has 1 aliphatic rings. The van der Waals surface area contributed by atoms with Gasteiger partial charge >= 0.3 is 0 Å². The molecule has 0 aliphatic carbocycles. The number of aromatic nitrogens is 7. The highest BCUT2D eigenvalue weighted by molar-refractivity contribution is 5.95. The Balaban J connectivity index is 1.41. The van der Waals surface area contributed by atoms with E-state index in [1.807, 2.05) is 42.9 Å². The van der Waals surface area contributed by atoms with E-state index < -0.39 is 0 Å². The first kappa shape index (κ1) is 17.4. The van der Waals surface area contributed by atoms with E-state index in [9.17, 15) is 4.79 Å². The molecular formula is C18H24N8O. The highest BCUT2D eigenvalue weighted by atomic mass is 16.2. The summed E-state index contributed by atoms with van der Waals surface area (Å²) in [5.74, 6) is 2.25. The lowest BCUT2D eigenvalue weighted by atomic mass is 9.95. The summed E-state index contributed by atoms with van der Waals surface area (Å²) in [6, 6.07) is 1.90. The number of rotatable bonds is 4. The molecule has 0 unspecified atom stereocenters. The molecule has 4 heterocycles. The van der Waals surface area contributed by atoms with Gasteiger partial charge in [0.2, 0.25) is 0 Å². The SMILES string of the molecule is Cc1nn(C)cc1C(=O)N1CCC(c2nnc(Cn3cccn3)n2C)CC1. The van der Waals surface area contributed by atoms with Crippen molar-refractivity contribution in [2.75, 3.05) is 13.1 Å². The van der Waals surface area contributed by atoms with Crippen molar-refractivity contribution in [1.29, 1.82) is 0 Å². The number of carbonyl (C=O) groups excluding carboxylic acids is 1. The molecule has 0 radical (unpaired) electrons. The molecule has 0 N–H and O–H groups in total. The van der Waals surface area contributed by atoms with Gasteiger partial charge in [-0.2, -0.15) is 10.2 Å². The standard InChI is InChI=1S/C18H24N8O/c1-13-15(11-23(2)22-13)18(27)25-9-5-14(6-10-25)17-21-20-16(24(17)3)12-26-8-4-7-19-26/h4,7-8,11,14H,5-6,9-10,12H2,1-3H3. The van der Waals surface area contributed by atoms with Crippen LogP contribution in [0.5, 0.6) is 0 Å². The van der Waals surface area contributed by atoms with Gasteiger partial charge in [-0.1, -0.05) is 0 Å². The lowest BCUT2D eigenvalue weighted by Gasteiger charge is -2.31. The zero-order chi connectivity index (χ0) is 19.0. The molecule has 3 aromatic rings.